The van der Waals surface area contributed by atoms with Crippen molar-refractivity contribution in [2.45, 2.75) is 0 Å². The number of aromatic nitrogens is 1. The summed E-state index contributed by atoms with van der Waals surface area (Å²) in [4.78, 5) is 20.7. The maximum absolute atomic E-state index is 10.5. The van der Waals surface area contributed by atoms with Gasteiger partial charge < -0.3 is 10.3 Å². The third-order valence-electron chi connectivity index (χ3n) is 0.903. The maximum Gasteiger partial charge on any atom is 0.314 e. The molecule has 0 bridgehead atoms. The maximum atomic E-state index is 10.5. The molecule has 3 N–H and O–H groups in total. The normalized spacial score (nSPS) is 9.09. The summed E-state index contributed by atoms with van der Waals surface area (Å²) in [6.45, 7) is 0. The summed E-state index contributed by atoms with van der Waals surface area (Å²) in [7, 11) is 0. The van der Waals surface area contributed by atoms with E-state index in [9.17, 15) is 9.59 Å². The molecular formula is C5H5N3O3. The average Bonchev–Trinajstić information content (AvgIpc) is 2.39. The third-order valence-corrected chi connectivity index (χ3v) is 0.903. The lowest BCUT2D eigenvalue weighted by atomic mass is 10.5. The predicted octanol–water partition coefficient (Wildman–Crippen LogP) is -0.902. The lowest BCUT2D eigenvalue weighted by Crippen LogP contribution is -2.29. The first-order valence-corrected chi connectivity index (χ1v) is 2.71. The molecule has 0 fully saturated rings. The Morgan fingerprint density at radius 2 is 2.36 bits per heavy atom. The zero-order valence-corrected chi connectivity index (χ0v) is 5.40. The second-order valence-electron chi connectivity index (χ2n) is 1.70. The number of hydrogen-bond acceptors (Lipinski definition) is 4. The minimum Gasteiger partial charge on any atom is -0.363 e. The first-order chi connectivity index (χ1) is 5.20. The Hall–Kier alpha value is -1.85. The van der Waals surface area contributed by atoms with Gasteiger partial charge in [-0.15, -0.1) is 0 Å². The highest BCUT2D eigenvalue weighted by atomic mass is 16.5. The monoisotopic (exact) mass is 155 g/mol. The van der Waals surface area contributed by atoms with Crippen LogP contribution < -0.4 is 11.1 Å². The van der Waals surface area contributed by atoms with Crippen LogP contribution in [0.1, 0.15) is 0 Å². The molecule has 6 heteroatoms. The zero-order valence-electron chi connectivity index (χ0n) is 5.40. The minimum absolute atomic E-state index is 0.161. The number of carbonyl (C=O) groups excluding carboxylic acids is 2. The van der Waals surface area contributed by atoms with E-state index >= 15 is 0 Å². The average molecular weight is 155 g/mol. The summed E-state index contributed by atoms with van der Waals surface area (Å²) in [5.41, 5.74) is 4.64. The molecule has 0 saturated carbocycles. The molecule has 6 nitrogen and oxygen atoms in total. The smallest absolute Gasteiger partial charge is 0.314 e. The highest BCUT2D eigenvalue weighted by Gasteiger charge is 2.09. The van der Waals surface area contributed by atoms with Crippen molar-refractivity contribution >= 4 is 17.6 Å². The number of amides is 2. The second-order valence-corrected chi connectivity index (χ2v) is 1.70. The van der Waals surface area contributed by atoms with Crippen LogP contribution in [-0.2, 0) is 9.59 Å². The SMILES string of the molecule is NC(=O)C(=O)Nc1ccon1. The molecule has 0 aliphatic heterocycles. The molecule has 0 unspecified atom stereocenters. The highest BCUT2D eigenvalue weighted by molar-refractivity contribution is 6.38. The number of carbonyl (C=O) groups is 2. The summed E-state index contributed by atoms with van der Waals surface area (Å²) >= 11 is 0. The van der Waals surface area contributed by atoms with Crippen molar-refractivity contribution in [2.24, 2.45) is 5.73 Å². The molecule has 0 aliphatic carbocycles. The van der Waals surface area contributed by atoms with Crippen LogP contribution in [0.25, 0.3) is 0 Å². The molecule has 1 aromatic rings. The first kappa shape index (κ1) is 7.26. The number of nitrogens with zero attached hydrogens (tertiary/aromatic N) is 1. The van der Waals surface area contributed by atoms with Gasteiger partial charge in [0.05, 0.1) is 0 Å². The molecular weight excluding hydrogens is 150 g/mol. The number of hydrogen-bond donors (Lipinski definition) is 2. The van der Waals surface area contributed by atoms with E-state index in [1.807, 2.05) is 0 Å². The Bertz CT molecular complexity index is 267. The summed E-state index contributed by atoms with van der Waals surface area (Å²) in [5, 5.41) is 5.43. The largest absolute Gasteiger partial charge is 0.363 e. The van der Waals surface area contributed by atoms with Crippen molar-refractivity contribution in [1.82, 2.24) is 5.16 Å². The quantitative estimate of drug-likeness (QED) is 0.513. The van der Waals surface area contributed by atoms with Gasteiger partial charge in [-0.2, -0.15) is 0 Å². The topological polar surface area (TPSA) is 98.2 Å². The molecule has 0 radical (unpaired) electrons. The molecule has 58 valence electrons. The Morgan fingerprint density at radius 1 is 1.64 bits per heavy atom. The molecule has 11 heavy (non-hydrogen) atoms. The summed E-state index contributed by atoms with van der Waals surface area (Å²) < 4.78 is 4.38. The van der Waals surface area contributed by atoms with E-state index in [4.69, 9.17) is 0 Å². The molecule has 1 aromatic heterocycles. The van der Waals surface area contributed by atoms with E-state index in [0.29, 0.717) is 0 Å². The van der Waals surface area contributed by atoms with Gasteiger partial charge in [0.15, 0.2) is 5.82 Å². The van der Waals surface area contributed by atoms with Gasteiger partial charge >= 0.3 is 11.8 Å². The van der Waals surface area contributed by atoms with Crippen LogP contribution in [0, 0.1) is 0 Å². The third kappa shape index (κ3) is 1.78. The fraction of sp³-hybridized carbons (Fsp3) is 0. The van der Waals surface area contributed by atoms with Gasteiger partial charge in [0.25, 0.3) is 0 Å². The predicted molar refractivity (Wildman–Crippen MR) is 34.3 cm³/mol. The van der Waals surface area contributed by atoms with Crippen LogP contribution >= 0.6 is 0 Å². The summed E-state index contributed by atoms with van der Waals surface area (Å²) in [6.07, 6.45) is 1.26. The number of anilines is 1. The number of nitrogens with two attached hydrogens (primary N) is 1. The van der Waals surface area contributed by atoms with Crippen LogP contribution in [0.4, 0.5) is 5.82 Å². The van der Waals surface area contributed by atoms with Crippen molar-refractivity contribution in [2.75, 3.05) is 5.32 Å². The van der Waals surface area contributed by atoms with Crippen molar-refractivity contribution in [3.63, 3.8) is 0 Å². The molecule has 0 aliphatic rings. The van der Waals surface area contributed by atoms with Gasteiger partial charge in [0.2, 0.25) is 0 Å². The van der Waals surface area contributed by atoms with E-state index < -0.39 is 11.8 Å². The Labute approximate surface area is 61.3 Å². The standard InChI is InChI=1S/C5H5N3O3/c6-4(9)5(10)7-3-1-2-11-8-3/h1-2H,(H2,6,9)(H,7,8,10). The van der Waals surface area contributed by atoms with Crippen molar-refractivity contribution in [3.8, 4) is 0 Å². The Kier molecular flexibility index (Phi) is 1.86. The van der Waals surface area contributed by atoms with E-state index in [1.54, 1.807) is 0 Å². The van der Waals surface area contributed by atoms with Crippen molar-refractivity contribution in [1.29, 1.82) is 0 Å². The molecule has 0 saturated heterocycles. The van der Waals surface area contributed by atoms with Crippen LogP contribution in [0.3, 0.4) is 0 Å². The van der Waals surface area contributed by atoms with Gasteiger partial charge in [0, 0.05) is 6.07 Å². The fourth-order valence-electron chi connectivity index (χ4n) is 0.455. The van der Waals surface area contributed by atoms with E-state index in [0.717, 1.165) is 0 Å². The van der Waals surface area contributed by atoms with Crippen molar-refractivity contribution < 1.29 is 14.1 Å². The number of rotatable bonds is 1. The summed E-state index contributed by atoms with van der Waals surface area (Å²) in [5.74, 6) is -1.82. The highest BCUT2D eigenvalue weighted by Crippen LogP contribution is 1.99. The van der Waals surface area contributed by atoms with Gasteiger partial charge in [-0.3, -0.25) is 14.9 Å². The second kappa shape index (κ2) is 2.82. The molecule has 2 amide bonds. The molecule has 1 rings (SSSR count). The van der Waals surface area contributed by atoms with Gasteiger partial charge in [-0.25, -0.2) is 0 Å². The minimum atomic E-state index is -1.06. The van der Waals surface area contributed by atoms with E-state index in [1.165, 1.54) is 12.3 Å². The van der Waals surface area contributed by atoms with Gasteiger partial charge in [-0.05, 0) is 0 Å². The molecule has 0 atom stereocenters. The Morgan fingerprint density at radius 3 is 2.82 bits per heavy atom. The summed E-state index contributed by atoms with van der Waals surface area (Å²) in [6, 6.07) is 1.39. The fourth-order valence-corrected chi connectivity index (χ4v) is 0.455. The number of nitrogens with one attached hydrogen (secondary N) is 1. The van der Waals surface area contributed by atoms with Crippen LogP contribution in [0.5, 0.6) is 0 Å². The van der Waals surface area contributed by atoms with Crippen LogP contribution in [0.2, 0.25) is 0 Å². The number of primary amides is 1. The first-order valence-electron chi connectivity index (χ1n) is 2.71. The Balaban J connectivity index is 2.57. The van der Waals surface area contributed by atoms with Gasteiger partial charge in [0.1, 0.15) is 6.26 Å². The van der Waals surface area contributed by atoms with Crippen LogP contribution in [-0.4, -0.2) is 17.0 Å². The molecule has 0 aromatic carbocycles. The zero-order chi connectivity index (χ0) is 8.27. The van der Waals surface area contributed by atoms with E-state index in [-0.39, 0.29) is 5.82 Å². The lowest BCUT2D eigenvalue weighted by Gasteiger charge is -1.93. The molecule has 0 spiro atoms. The van der Waals surface area contributed by atoms with Crippen LogP contribution in [0.15, 0.2) is 16.9 Å². The van der Waals surface area contributed by atoms with Crippen molar-refractivity contribution in [3.05, 3.63) is 12.3 Å². The van der Waals surface area contributed by atoms with Gasteiger partial charge in [-0.1, -0.05) is 5.16 Å². The lowest BCUT2D eigenvalue weighted by molar-refractivity contribution is -0.134. The molecule has 1 heterocycles. The van der Waals surface area contributed by atoms with E-state index in [2.05, 4.69) is 20.7 Å².